The van der Waals surface area contributed by atoms with Crippen molar-refractivity contribution in [1.82, 2.24) is 0 Å². The van der Waals surface area contributed by atoms with E-state index in [0.29, 0.717) is 43.1 Å². The number of ether oxygens (including phenoxy) is 3. The molecule has 3 rings (SSSR count). The number of methoxy groups -OCH3 is 1. The molecule has 1 saturated heterocycles. The van der Waals surface area contributed by atoms with Gasteiger partial charge in [-0.05, 0) is 42.3 Å². The smallest absolute Gasteiger partial charge is 0.232 e. The molecule has 0 bridgehead atoms. The first-order valence-corrected chi connectivity index (χ1v) is 11.7. The number of rotatable bonds is 8. The summed E-state index contributed by atoms with van der Waals surface area (Å²) in [5.74, 6) is -0.0851. The van der Waals surface area contributed by atoms with Crippen molar-refractivity contribution in [2.45, 2.75) is 32.0 Å². The summed E-state index contributed by atoms with van der Waals surface area (Å²) in [5, 5.41) is 0.258. The first kappa shape index (κ1) is 22.8. The van der Waals surface area contributed by atoms with Crippen molar-refractivity contribution < 1.29 is 27.0 Å². The zero-order valence-electron chi connectivity index (χ0n) is 16.9. The molecular formula is C21H25ClFNO5S. The van der Waals surface area contributed by atoms with Gasteiger partial charge >= 0.3 is 0 Å². The highest BCUT2D eigenvalue weighted by Crippen LogP contribution is 2.37. The molecule has 6 nitrogen and oxygen atoms in total. The molecule has 1 fully saturated rings. The van der Waals surface area contributed by atoms with Gasteiger partial charge in [0.1, 0.15) is 18.2 Å². The fourth-order valence-electron chi connectivity index (χ4n) is 3.36. The maximum atomic E-state index is 14.3. The van der Waals surface area contributed by atoms with Gasteiger partial charge in [0.15, 0.2) is 0 Å². The molecule has 1 aliphatic rings. The van der Waals surface area contributed by atoms with E-state index in [-0.39, 0.29) is 17.4 Å². The minimum atomic E-state index is -3.42. The monoisotopic (exact) mass is 457 g/mol. The van der Waals surface area contributed by atoms with Crippen LogP contribution in [0.15, 0.2) is 36.4 Å². The Labute approximate surface area is 181 Å². The highest BCUT2D eigenvalue weighted by molar-refractivity contribution is 7.92. The molecule has 0 amide bonds. The predicted octanol–water partition coefficient (Wildman–Crippen LogP) is 4.47. The van der Waals surface area contributed by atoms with E-state index in [1.54, 1.807) is 38.3 Å². The van der Waals surface area contributed by atoms with E-state index in [9.17, 15) is 12.8 Å². The quantitative estimate of drug-likeness (QED) is 0.633. The van der Waals surface area contributed by atoms with E-state index >= 15 is 0 Å². The van der Waals surface area contributed by atoms with Crippen LogP contribution in [0.4, 0.5) is 10.1 Å². The number of hydrogen-bond acceptors (Lipinski definition) is 5. The topological polar surface area (TPSA) is 73.9 Å². The Balaban J connectivity index is 1.74. The van der Waals surface area contributed by atoms with E-state index in [1.165, 1.54) is 12.1 Å². The lowest BCUT2D eigenvalue weighted by atomic mass is 9.86. The third-order valence-electron chi connectivity index (χ3n) is 5.17. The van der Waals surface area contributed by atoms with Crippen LogP contribution in [0.25, 0.3) is 0 Å². The van der Waals surface area contributed by atoms with Gasteiger partial charge in [-0.1, -0.05) is 17.7 Å². The zero-order chi connectivity index (χ0) is 21.8. The second-order valence-corrected chi connectivity index (χ2v) is 9.51. The lowest BCUT2D eigenvalue weighted by Gasteiger charge is -2.36. The predicted molar refractivity (Wildman–Crippen MR) is 114 cm³/mol. The molecule has 1 N–H and O–H groups in total. The highest BCUT2D eigenvalue weighted by Gasteiger charge is 2.35. The normalized spacial score (nSPS) is 16.3. The Bertz CT molecular complexity index is 993. The molecule has 0 aromatic heterocycles. The molecule has 0 unspecified atom stereocenters. The van der Waals surface area contributed by atoms with E-state index in [1.807, 2.05) is 0 Å². The summed E-state index contributed by atoms with van der Waals surface area (Å²) < 4.78 is 57.1. The number of halogens is 2. The summed E-state index contributed by atoms with van der Waals surface area (Å²) in [4.78, 5) is 0. The molecule has 0 spiro atoms. The van der Waals surface area contributed by atoms with Crippen molar-refractivity contribution in [3.05, 3.63) is 58.4 Å². The number of nitrogens with one attached hydrogen (secondary N) is 1. The average Bonchev–Trinajstić information content (AvgIpc) is 2.74. The molecule has 0 radical (unpaired) electrons. The molecule has 30 heavy (non-hydrogen) atoms. The van der Waals surface area contributed by atoms with Gasteiger partial charge in [-0.25, -0.2) is 12.8 Å². The number of anilines is 1. The fraction of sp³-hybridized carbons (Fsp3) is 0.429. The van der Waals surface area contributed by atoms with E-state index in [4.69, 9.17) is 25.8 Å². The first-order valence-electron chi connectivity index (χ1n) is 9.62. The van der Waals surface area contributed by atoms with Gasteiger partial charge < -0.3 is 14.2 Å². The molecule has 0 saturated carbocycles. The van der Waals surface area contributed by atoms with Crippen molar-refractivity contribution in [2.75, 3.05) is 30.8 Å². The summed E-state index contributed by atoms with van der Waals surface area (Å²) >= 11 is 6.19. The Morgan fingerprint density at radius 1 is 1.20 bits per heavy atom. The Kier molecular flexibility index (Phi) is 7.23. The Hall–Kier alpha value is -1.87. The summed E-state index contributed by atoms with van der Waals surface area (Å²) in [7, 11) is -1.80. The number of sulfonamides is 1. The first-order chi connectivity index (χ1) is 14.3. The lowest BCUT2D eigenvalue weighted by molar-refractivity contribution is -0.0950. The van der Waals surface area contributed by atoms with Crippen LogP contribution in [0, 0.1) is 5.82 Å². The van der Waals surface area contributed by atoms with Crippen LogP contribution in [0.3, 0.4) is 0 Å². The average molecular weight is 458 g/mol. The van der Waals surface area contributed by atoms with Crippen LogP contribution in [0.2, 0.25) is 5.02 Å². The molecular weight excluding hydrogens is 433 g/mol. The third kappa shape index (κ3) is 5.43. The van der Waals surface area contributed by atoms with Crippen LogP contribution in [-0.4, -0.2) is 34.5 Å². The molecule has 2 aromatic carbocycles. The van der Waals surface area contributed by atoms with E-state index in [2.05, 4.69) is 4.72 Å². The Morgan fingerprint density at radius 2 is 1.93 bits per heavy atom. The zero-order valence-corrected chi connectivity index (χ0v) is 18.5. The van der Waals surface area contributed by atoms with Gasteiger partial charge in [0.2, 0.25) is 10.0 Å². The fourth-order valence-corrected chi connectivity index (χ4v) is 4.32. The van der Waals surface area contributed by atoms with Gasteiger partial charge in [-0.2, -0.15) is 0 Å². The molecule has 0 aliphatic carbocycles. The standard InChI is InChI=1S/C21H25ClFNO5S/c1-3-30(25,26)24-20-5-4-15(10-19(20)22)14-29-18-12-16(11-17(23)13-18)21(27-2)6-8-28-9-7-21/h4-5,10-13,24H,3,6-9,14H2,1-2H3. The minimum absolute atomic E-state index is 0.0504. The number of benzene rings is 2. The minimum Gasteiger partial charge on any atom is -0.489 e. The SMILES string of the molecule is CCS(=O)(=O)Nc1ccc(COc2cc(F)cc(C3(OC)CCOCC3)c2)cc1Cl. The van der Waals surface area contributed by atoms with Crippen LogP contribution >= 0.6 is 11.6 Å². The summed E-state index contributed by atoms with van der Waals surface area (Å²) in [6.45, 7) is 2.78. The van der Waals surface area contributed by atoms with Crippen LogP contribution < -0.4 is 9.46 Å². The van der Waals surface area contributed by atoms with Crippen molar-refractivity contribution in [3.8, 4) is 5.75 Å². The van der Waals surface area contributed by atoms with E-state index in [0.717, 1.165) is 5.56 Å². The van der Waals surface area contributed by atoms with Crippen molar-refractivity contribution in [2.24, 2.45) is 0 Å². The molecule has 9 heteroatoms. The van der Waals surface area contributed by atoms with Gasteiger partial charge in [-0.3, -0.25) is 4.72 Å². The Morgan fingerprint density at radius 3 is 2.57 bits per heavy atom. The summed E-state index contributed by atoms with van der Waals surface area (Å²) in [5.41, 5.74) is 1.14. The highest BCUT2D eigenvalue weighted by atomic mass is 35.5. The van der Waals surface area contributed by atoms with Crippen LogP contribution in [0.1, 0.15) is 30.9 Å². The molecule has 0 atom stereocenters. The number of hydrogen-bond donors (Lipinski definition) is 1. The molecule has 164 valence electrons. The van der Waals surface area contributed by atoms with Crippen LogP contribution in [0.5, 0.6) is 5.75 Å². The van der Waals surface area contributed by atoms with Gasteiger partial charge in [0, 0.05) is 39.2 Å². The molecule has 1 aliphatic heterocycles. The maximum Gasteiger partial charge on any atom is 0.232 e. The second-order valence-electron chi connectivity index (χ2n) is 7.09. The van der Waals surface area contributed by atoms with Crippen molar-refractivity contribution >= 4 is 27.3 Å². The van der Waals surface area contributed by atoms with Crippen LogP contribution in [-0.2, 0) is 31.7 Å². The molecule has 2 aromatic rings. The third-order valence-corrected chi connectivity index (χ3v) is 6.78. The largest absolute Gasteiger partial charge is 0.489 e. The van der Waals surface area contributed by atoms with Gasteiger partial charge in [0.05, 0.1) is 22.1 Å². The van der Waals surface area contributed by atoms with Gasteiger partial charge in [-0.15, -0.1) is 0 Å². The van der Waals surface area contributed by atoms with Crippen molar-refractivity contribution in [3.63, 3.8) is 0 Å². The molecule has 1 heterocycles. The van der Waals surface area contributed by atoms with Gasteiger partial charge in [0.25, 0.3) is 0 Å². The second kappa shape index (κ2) is 9.51. The van der Waals surface area contributed by atoms with Crippen molar-refractivity contribution in [1.29, 1.82) is 0 Å². The lowest BCUT2D eigenvalue weighted by Crippen LogP contribution is -2.35. The van der Waals surface area contributed by atoms with E-state index < -0.39 is 21.4 Å². The summed E-state index contributed by atoms with van der Waals surface area (Å²) in [6, 6.07) is 9.46. The maximum absolute atomic E-state index is 14.3. The summed E-state index contributed by atoms with van der Waals surface area (Å²) in [6.07, 6.45) is 1.27.